The van der Waals surface area contributed by atoms with Gasteiger partial charge in [0.15, 0.2) is 5.96 Å². The molecule has 7 heteroatoms. The molecule has 6 nitrogen and oxygen atoms in total. The first kappa shape index (κ1) is 24.0. The standard InChI is InChI=1S/C23H31N5O.HI/c1-3-24-22(25-16-19-9-6-8-18(2)14-19)26-17-20-10-7-11-21(15-20)27-23(29)28-12-4-5-13-28;/h6-11,14-15H,3-5,12-13,16-17H2,1-2H3,(H,27,29)(H2,24,25,26);1H. The molecule has 0 bridgehead atoms. The molecule has 0 atom stereocenters. The molecule has 2 aromatic carbocycles. The highest BCUT2D eigenvalue weighted by molar-refractivity contribution is 14.0. The Balaban J connectivity index is 0.00000320. The van der Waals surface area contributed by atoms with E-state index in [2.05, 4.69) is 59.1 Å². The van der Waals surface area contributed by atoms with Crippen LogP contribution in [0.5, 0.6) is 0 Å². The first-order valence-electron chi connectivity index (χ1n) is 10.4. The lowest BCUT2D eigenvalue weighted by atomic mass is 10.1. The number of nitrogens with zero attached hydrogens (tertiary/aromatic N) is 2. The third kappa shape index (κ3) is 7.51. The number of urea groups is 1. The van der Waals surface area contributed by atoms with Crippen molar-refractivity contribution in [2.24, 2.45) is 4.99 Å². The summed E-state index contributed by atoms with van der Waals surface area (Å²) in [4.78, 5) is 18.8. The summed E-state index contributed by atoms with van der Waals surface area (Å²) in [5, 5.41) is 9.66. The van der Waals surface area contributed by atoms with Gasteiger partial charge in [0, 0.05) is 31.9 Å². The van der Waals surface area contributed by atoms with Gasteiger partial charge in [-0.15, -0.1) is 24.0 Å². The van der Waals surface area contributed by atoms with Gasteiger partial charge in [0.05, 0.1) is 6.54 Å². The second-order valence-corrected chi connectivity index (χ2v) is 7.36. The van der Waals surface area contributed by atoms with Crippen molar-refractivity contribution in [3.8, 4) is 0 Å². The van der Waals surface area contributed by atoms with Crippen LogP contribution in [0.4, 0.5) is 10.5 Å². The van der Waals surface area contributed by atoms with Gasteiger partial charge >= 0.3 is 6.03 Å². The smallest absolute Gasteiger partial charge is 0.321 e. The number of hydrogen-bond donors (Lipinski definition) is 3. The second-order valence-electron chi connectivity index (χ2n) is 7.36. The zero-order valence-corrected chi connectivity index (χ0v) is 20.1. The molecule has 1 fully saturated rings. The van der Waals surface area contributed by atoms with Gasteiger partial charge in [-0.3, -0.25) is 0 Å². The van der Waals surface area contributed by atoms with E-state index in [9.17, 15) is 4.79 Å². The van der Waals surface area contributed by atoms with E-state index in [1.807, 2.05) is 29.2 Å². The second kappa shape index (κ2) is 12.4. The quantitative estimate of drug-likeness (QED) is 0.298. The number of guanidine groups is 1. The van der Waals surface area contributed by atoms with Gasteiger partial charge in [-0.2, -0.15) is 0 Å². The lowest BCUT2D eigenvalue weighted by Gasteiger charge is -2.17. The molecule has 3 N–H and O–H groups in total. The average molecular weight is 521 g/mol. The summed E-state index contributed by atoms with van der Waals surface area (Å²) in [6, 6.07) is 16.3. The summed E-state index contributed by atoms with van der Waals surface area (Å²) in [6.45, 7) is 7.89. The van der Waals surface area contributed by atoms with Gasteiger partial charge in [-0.25, -0.2) is 9.79 Å². The van der Waals surface area contributed by atoms with Gasteiger partial charge in [0.25, 0.3) is 0 Å². The maximum absolute atomic E-state index is 12.3. The van der Waals surface area contributed by atoms with Crippen LogP contribution in [0.15, 0.2) is 53.5 Å². The Morgan fingerprint density at radius 2 is 1.77 bits per heavy atom. The minimum absolute atomic E-state index is 0. The molecule has 1 heterocycles. The minimum atomic E-state index is -0.0133. The SMILES string of the molecule is CCNC(=NCc1cccc(C)c1)NCc1cccc(NC(=O)N2CCCC2)c1.I. The Bertz CT molecular complexity index is 849. The average Bonchev–Trinajstić information content (AvgIpc) is 3.25. The number of anilines is 1. The van der Waals surface area contributed by atoms with E-state index in [-0.39, 0.29) is 30.0 Å². The van der Waals surface area contributed by atoms with Crippen LogP contribution in [0.1, 0.15) is 36.5 Å². The first-order chi connectivity index (χ1) is 14.1. The Kier molecular flexibility index (Phi) is 9.93. The fourth-order valence-electron chi connectivity index (χ4n) is 3.39. The van der Waals surface area contributed by atoms with Gasteiger partial charge in [0.1, 0.15) is 0 Å². The number of rotatable bonds is 6. The Morgan fingerprint density at radius 1 is 1.03 bits per heavy atom. The van der Waals surface area contributed by atoms with Crippen molar-refractivity contribution in [2.75, 3.05) is 25.0 Å². The molecular formula is C23H32IN5O. The van der Waals surface area contributed by atoms with Crippen LogP contribution in [0.2, 0.25) is 0 Å². The maximum Gasteiger partial charge on any atom is 0.321 e. The van der Waals surface area contributed by atoms with Crippen LogP contribution in [0, 0.1) is 6.92 Å². The van der Waals surface area contributed by atoms with E-state index in [0.29, 0.717) is 13.1 Å². The molecule has 2 amide bonds. The lowest BCUT2D eigenvalue weighted by Crippen LogP contribution is -2.36. The van der Waals surface area contributed by atoms with E-state index in [0.717, 1.165) is 49.7 Å². The number of carbonyl (C=O) groups excluding carboxylic acids is 1. The van der Waals surface area contributed by atoms with Crippen molar-refractivity contribution in [2.45, 2.75) is 39.8 Å². The summed E-state index contributed by atoms with van der Waals surface area (Å²) in [5.74, 6) is 0.778. The summed E-state index contributed by atoms with van der Waals surface area (Å²) >= 11 is 0. The van der Waals surface area contributed by atoms with E-state index in [1.54, 1.807) is 0 Å². The molecule has 1 aliphatic rings. The molecule has 1 aliphatic heterocycles. The molecule has 0 saturated carbocycles. The Morgan fingerprint density at radius 3 is 2.50 bits per heavy atom. The molecule has 0 unspecified atom stereocenters. The number of aliphatic imine (C=N–C) groups is 1. The topological polar surface area (TPSA) is 68.8 Å². The molecule has 0 aromatic heterocycles. The monoisotopic (exact) mass is 521 g/mol. The molecule has 0 radical (unpaired) electrons. The number of likely N-dealkylation sites (tertiary alicyclic amines) is 1. The van der Waals surface area contributed by atoms with Crippen molar-refractivity contribution in [1.82, 2.24) is 15.5 Å². The number of benzene rings is 2. The summed E-state index contributed by atoms with van der Waals surface area (Å²) < 4.78 is 0. The van der Waals surface area contributed by atoms with Gasteiger partial charge < -0.3 is 20.9 Å². The van der Waals surface area contributed by atoms with Crippen LogP contribution >= 0.6 is 24.0 Å². The Hall–Kier alpha value is -2.29. The van der Waals surface area contributed by atoms with E-state index in [1.165, 1.54) is 11.1 Å². The van der Waals surface area contributed by atoms with Crippen molar-refractivity contribution in [3.63, 3.8) is 0 Å². The molecule has 0 spiro atoms. The van der Waals surface area contributed by atoms with Crippen molar-refractivity contribution in [3.05, 3.63) is 65.2 Å². The molecule has 162 valence electrons. The third-order valence-corrected chi connectivity index (χ3v) is 4.88. The molecule has 1 saturated heterocycles. The highest BCUT2D eigenvalue weighted by Crippen LogP contribution is 2.14. The first-order valence-corrected chi connectivity index (χ1v) is 10.4. The van der Waals surface area contributed by atoms with Crippen molar-refractivity contribution < 1.29 is 4.79 Å². The molecule has 0 aliphatic carbocycles. The van der Waals surface area contributed by atoms with Crippen LogP contribution in [-0.4, -0.2) is 36.5 Å². The number of carbonyl (C=O) groups is 1. The Labute approximate surface area is 196 Å². The predicted molar refractivity (Wildman–Crippen MR) is 135 cm³/mol. The lowest BCUT2D eigenvalue weighted by molar-refractivity contribution is 0.222. The zero-order valence-electron chi connectivity index (χ0n) is 17.8. The van der Waals surface area contributed by atoms with Gasteiger partial charge in [-0.05, 0) is 49.9 Å². The van der Waals surface area contributed by atoms with Crippen molar-refractivity contribution in [1.29, 1.82) is 0 Å². The molecule has 3 rings (SSSR count). The normalized spacial score (nSPS) is 13.5. The van der Waals surface area contributed by atoms with Gasteiger partial charge in [0.2, 0.25) is 0 Å². The number of halogens is 1. The van der Waals surface area contributed by atoms with E-state index < -0.39 is 0 Å². The van der Waals surface area contributed by atoms with E-state index in [4.69, 9.17) is 0 Å². The summed E-state index contributed by atoms with van der Waals surface area (Å²) in [6.07, 6.45) is 2.18. The maximum atomic E-state index is 12.3. The van der Waals surface area contributed by atoms with Gasteiger partial charge in [-0.1, -0.05) is 42.0 Å². The largest absolute Gasteiger partial charge is 0.357 e. The summed E-state index contributed by atoms with van der Waals surface area (Å²) in [5.41, 5.74) is 4.34. The molecule has 2 aromatic rings. The van der Waals surface area contributed by atoms with E-state index >= 15 is 0 Å². The van der Waals surface area contributed by atoms with Crippen LogP contribution < -0.4 is 16.0 Å². The van der Waals surface area contributed by atoms with Crippen LogP contribution in [0.3, 0.4) is 0 Å². The van der Waals surface area contributed by atoms with Crippen molar-refractivity contribution >= 4 is 41.7 Å². The van der Waals surface area contributed by atoms with Crippen LogP contribution in [-0.2, 0) is 13.1 Å². The highest BCUT2D eigenvalue weighted by Gasteiger charge is 2.17. The fourth-order valence-corrected chi connectivity index (χ4v) is 3.39. The number of amides is 2. The molecule has 30 heavy (non-hydrogen) atoms. The number of aryl methyl sites for hydroxylation is 1. The zero-order chi connectivity index (χ0) is 20.5. The predicted octanol–water partition coefficient (Wildman–Crippen LogP) is 4.50. The number of hydrogen-bond acceptors (Lipinski definition) is 2. The molecular weight excluding hydrogens is 489 g/mol. The minimum Gasteiger partial charge on any atom is -0.357 e. The fraction of sp³-hybridized carbons (Fsp3) is 0.391. The highest BCUT2D eigenvalue weighted by atomic mass is 127. The van der Waals surface area contributed by atoms with Crippen LogP contribution in [0.25, 0.3) is 0 Å². The summed E-state index contributed by atoms with van der Waals surface area (Å²) in [7, 11) is 0. The number of nitrogens with one attached hydrogen (secondary N) is 3. The third-order valence-electron chi connectivity index (χ3n) is 4.88.